The molecule has 2 rings (SSSR count). The highest BCUT2D eigenvalue weighted by Gasteiger charge is 2.27. The summed E-state index contributed by atoms with van der Waals surface area (Å²) >= 11 is 6.33. The highest BCUT2D eigenvalue weighted by Crippen LogP contribution is 2.39. The first-order valence-electron chi connectivity index (χ1n) is 4.92. The van der Waals surface area contributed by atoms with E-state index in [9.17, 15) is 4.79 Å². The number of methoxy groups -OCH3 is 1. The normalized spacial score (nSPS) is 13.3. The van der Waals surface area contributed by atoms with E-state index in [-0.39, 0.29) is 11.1 Å². The first-order chi connectivity index (χ1) is 7.63. The van der Waals surface area contributed by atoms with Crippen LogP contribution in [-0.4, -0.2) is 18.2 Å². The number of carbonyl (C=O) groups is 1. The summed E-state index contributed by atoms with van der Waals surface area (Å²) in [4.78, 5) is 12.9. The van der Waals surface area contributed by atoms with Gasteiger partial charge in [0.05, 0.1) is 12.7 Å². The number of aryl methyl sites for hydroxylation is 1. The largest absolute Gasteiger partial charge is 0.465 e. The number of hydrogen-bond acceptors (Lipinski definition) is 4. The fourth-order valence-corrected chi connectivity index (χ4v) is 3.38. The molecule has 0 radical (unpaired) electrons. The summed E-state index contributed by atoms with van der Waals surface area (Å²) in [6, 6.07) is 0. The van der Waals surface area contributed by atoms with Crippen molar-refractivity contribution in [3.8, 4) is 0 Å². The number of thiocarbonyl (C=S) groups is 1. The molecule has 1 heterocycles. The van der Waals surface area contributed by atoms with E-state index < -0.39 is 0 Å². The van der Waals surface area contributed by atoms with E-state index in [0.717, 1.165) is 24.8 Å². The van der Waals surface area contributed by atoms with Crippen LogP contribution in [0.15, 0.2) is 0 Å². The monoisotopic (exact) mass is 256 g/mol. The molecule has 1 aromatic heterocycles. The summed E-state index contributed by atoms with van der Waals surface area (Å²) in [5, 5.41) is 3.73. The number of nitrogens with one attached hydrogen (secondary N) is 1. The Morgan fingerprint density at radius 2 is 2.31 bits per heavy atom. The third-order valence-electron chi connectivity index (χ3n) is 2.55. The number of fused-ring (bicyclic) bond motifs is 1. The van der Waals surface area contributed by atoms with Gasteiger partial charge in [0, 0.05) is 4.88 Å². The third kappa shape index (κ3) is 1.90. The van der Waals surface area contributed by atoms with Crippen LogP contribution in [0, 0.1) is 0 Å². The molecule has 1 aliphatic carbocycles. The number of rotatable bonds is 2. The van der Waals surface area contributed by atoms with Crippen LogP contribution in [0.25, 0.3) is 0 Å². The smallest absolute Gasteiger partial charge is 0.341 e. The van der Waals surface area contributed by atoms with Gasteiger partial charge in [-0.2, -0.15) is 0 Å². The molecule has 1 aliphatic rings. The highest BCUT2D eigenvalue weighted by molar-refractivity contribution is 7.80. The van der Waals surface area contributed by atoms with Gasteiger partial charge in [-0.1, -0.05) is 0 Å². The molecule has 6 heteroatoms. The number of thiophene rings is 1. The number of esters is 1. The lowest BCUT2D eigenvalue weighted by molar-refractivity contribution is 0.0601. The Morgan fingerprint density at radius 1 is 1.56 bits per heavy atom. The third-order valence-corrected chi connectivity index (χ3v) is 3.86. The summed E-state index contributed by atoms with van der Waals surface area (Å²) in [5.74, 6) is -0.321. The Balaban J connectivity index is 2.44. The quantitative estimate of drug-likeness (QED) is 0.622. The predicted octanol–water partition coefficient (Wildman–Crippen LogP) is 1.68. The van der Waals surface area contributed by atoms with Crippen molar-refractivity contribution >= 4 is 39.6 Å². The first kappa shape index (κ1) is 11.3. The van der Waals surface area contributed by atoms with Crippen molar-refractivity contribution in [2.45, 2.75) is 19.3 Å². The molecule has 1 aromatic rings. The molecule has 0 saturated heterocycles. The lowest BCUT2D eigenvalue weighted by atomic mass is 10.1. The van der Waals surface area contributed by atoms with E-state index in [1.165, 1.54) is 12.0 Å². The van der Waals surface area contributed by atoms with E-state index >= 15 is 0 Å². The molecule has 3 N–H and O–H groups in total. The maximum Gasteiger partial charge on any atom is 0.341 e. The Hall–Kier alpha value is -1.14. The zero-order valence-corrected chi connectivity index (χ0v) is 10.5. The first-order valence-corrected chi connectivity index (χ1v) is 6.15. The van der Waals surface area contributed by atoms with E-state index in [0.29, 0.717) is 10.6 Å². The van der Waals surface area contributed by atoms with Gasteiger partial charge >= 0.3 is 5.97 Å². The van der Waals surface area contributed by atoms with Crippen molar-refractivity contribution in [2.24, 2.45) is 5.73 Å². The van der Waals surface area contributed by atoms with Gasteiger partial charge in [0.2, 0.25) is 0 Å². The highest BCUT2D eigenvalue weighted by atomic mass is 32.1. The van der Waals surface area contributed by atoms with Gasteiger partial charge in [0.15, 0.2) is 5.11 Å². The van der Waals surface area contributed by atoms with Crippen molar-refractivity contribution < 1.29 is 9.53 Å². The molecule has 0 atom stereocenters. The molecular weight excluding hydrogens is 244 g/mol. The van der Waals surface area contributed by atoms with Crippen LogP contribution >= 0.6 is 23.6 Å². The minimum Gasteiger partial charge on any atom is -0.465 e. The molecule has 0 fully saturated rings. The van der Waals surface area contributed by atoms with E-state index in [4.69, 9.17) is 22.7 Å². The van der Waals surface area contributed by atoms with Gasteiger partial charge in [-0.15, -0.1) is 11.3 Å². The van der Waals surface area contributed by atoms with Gasteiger partial charge in [0.25, 0.3) is 0 Å². The van der Waals surface area contributed by atoms with Crippen molar-refractivity contribution in [2.75, 3.05) is 12.4 Å². The summed E-state index contributed by atoms with van der Waals surface area (Å²) in [6.45, 7) is 0. The lowest BCUT2D eigenvalue weighted by Crippen LogP contribution is -2.20. The van der Waals surface area contributed by atoms with Gasteiger partial charge in [-0.05, 0) is 37.0 Å². The van der Waals surface area contributed by atoms with Crippen LogP contribution < -0.4 is 11.1 Å². The molecule has 0 amide bonds. The zero-order valence-electron chi connectivity index (χ0n) is 8.83. The molecule has 4 nitrogen and oxygen atoms in total. The predicted molar refractivity (Wildman–Crippen MR) is 68.1 cm³/mol. The van der Waals surface area contributed by atoms with E-state index in [1.807, 2.05) is 0 Å². The van der Waals surface area contributed by atoms with Crippen LogP contribution in [-0.2, 0) is 17.6 Å². The Labute approximate surface area is 103 Å². The maximum atomic E-state index is 11.7. The number of anilines is 1. The van der Waals surface area contributed by atoms with Gasteiger partial charge < -0.3 is 15.8 Å². The molecule has 0 spiro atoms. The topological polar surface area (TPSA) is 64.3 Å². The number of carbonyl (C=O) groups excluding carboxylic acids is 1. The van der Waals surface area contributed by atoms with Crippen LogP contribution in [0.4, 0.5) is 5.00 Å². The van der Waals surface area contributed by atoms with Crippen molar-refractivity contribution in [1.29, 1.82) is 0 Å². The van der Waals surface area contributed by atoms with Crippen molar-refractivity contribution in [3.63, 3.8) is 0 Å². The van der Waals surface area contributed by atoms with Gasteiger partial charge in [0.1, 0.15) is 5.00 Å². The van der Waals surface area contributed by atoms with Crippen LogP contribution in [0.2, 0.25) is 0 Å². The number of hydrogen-bond donors (Lipinski definition) is 2. The average molecular weight is 256 g/mol. The average Bonchev–Trinajstić information content (AvgIpc) is 2.75. The molecule has 86 valence electrons. The molecule has 16 heavy (non-hydrogen) atoms. The summed E-state index contributed by atoms with van der Waals surface area (Å²) in [7, 11) is 1.38. The second-order valence-corrected chi connectivity index (χ2v) is 5.09. The molecule has 0 bridgehead atoms. The van der Waals surface area contributed by atoms with Crippen molar-refractivity contribution in [1.82, 2.24) is 0 Å². The summed E-state index contributed by atoms with van der Waals surface area (Å²) in [6.07, 6.45) is 3.04. The number of nitrogens with two attached hydrogens (primary N) is 1. The summed E-state index contributed by atoms with van der Waals surface area (Å²) < 4.78 is 4.79. The minimum atomic E-state index is -0.321. The second kappa shape index (κ2) is 4.39. The number of ether oxygens (including phenoxy) is 1. The fourth-order valence-electron chi connectivity index (χ4n) is 1.92. The van der Waals surface area contributed by atoms with Crippen LogP contribution in [0.1, 0.15) is 27.2 Å². The Kier molecular flexibility index (Phi) is 3.11. The second-order valence-electron chi connectivity index (χ2n) is 3.54. The fraction of sp³-hybridized carbons (Fsp3) is 0.400. The van der Waals surface area contributed by atoms with Crippen LogP contribution in [0.3, 0.4) is 0 Å². The zero-order chi connectivity index (χ0) is 11.7. The van der Waals surface area contributed by atoms with E-state index in [1.54, 1.807) is 11.3 Å². The van der Waals surface area contributed by atoms with Crippen molar-refractivity contribution in [3.05, 3.63) is 16.0 Å². The molecule has 0 unspecified atom stereocenters. The SMILES string of the molecule is COC(=O)c1c(NC(N)=S)sc2c1CCC2. The minimum absolute atomic E-state index is 0.171. The van der Waals surface area contributed by atoms with Gasteiger partial charge in [-0.3, -0.25) is 0 Å². The molecular formula is C10H12N2O2S2. The summed E-state index contributed by atoms with van der Waals surface area (Å²) in [5.41, 5.74) is 7.13. The maximum absolute atomic E-state index is 11.7. The molecule has 0 saturated carbocycles. The standard InChI is InChI=1S/C10H12N2O2S2/c1-14-9(13)7-5-3-2-4-6(5)16-8(7)12-10(11)15/h2-4H2,1H3,(H3,11,12,15). The Morgan fingerprint density at radius 3 is 2.94 bits per heavy atom. The van der Waals surface area contributed by atoms with Gasteiger partial charge in [-0.25, -0.2) is 4.79 Å². The molecule has 0 aliphatic heterocycles. The molecule has 0 aromatic carbocycles. The van der Waals surface area contributed by atoms with E-state index in [2.05, 4.69) is 5.32 Å². The lowest BCUT2D eigenvalue weighted by Gasteiger charge is -2.05. The van der Waals surface area contributed by atoms with Crippen LogP contribution in [0.5, 0.6) is 0 Å². The Bertz CT molecular complexity index is 454.